The lowest BCUT2D eigenvalue weighted by molar-refractivity contribution is 0.0912. The van der Waals surface area contributed by atoms with Gasteiger partial charge in [-0.15, -0.1) is 0 Å². The van der Waals surface area contributed by atoms with Gasteiger partial charge in [0.05, 0.1) is 17.1 Å². The van der Waals surface area contributed by atoms with E-state index in [9.17, 15) is 14.0 Å². The van der Waals surface area contributed by atoms with Crippen LogP contribution in [0.4, 0.5) is 4.39 Å². The van der Waals surface area contributed by atoms with Crippen LogP contribution in [0.2, 0.25) is 0 Å². The second kappa shape index (κ2) is 7.35. The average Bonchev–Trinajstić information content (AvgIpc) is 3.13. The number of hydrogen-bond acceptors (Lipinski definition) is 4. The molecule has 0 spiro atoms. The van der Waals surface area contributed by atoms with Crippen LogP contribution in [0.15, 0.2) is 70.1 Å². The van der Waals surface area contributed by atoms with E-state index < -0.39 is 17.8 Å². The molecule has 1 N–H and O–H groups in total. The van der Waals surface area contributed by atoms with E-state index in [4.69, 9.17) is 4.42 Å². The molecule has 1 atom stereocenters. The Morgan fingerprint density at radius 1 is 1.21 bits per heavy atom. The molecule has 2 heterocycles. The van der Waals surface area contributed by atoms with Crippen molar-refractivity contribution in [3.63, 3.8) is 0 Å². The van der Waals surface area contributed by atoms with Crippen LogP contribution in [0.1, 0.15) is 34.9 Å². The number of carbonyl (C=O) groups excluding carboxylic acids is 1. The third kappa shape index (κ3) is 3.54. The molecule has 6 nitrogen and oxygen atoms in total. The molecule has 0 saturated carbocycles. The molecule has 0 aliphatic heterocycles. The van der Waals surface area contributed by atoms with Gasteiger partial charge in [-0.3, -0.25) is 9.59 Å². The van der Waals surface area contributed by atoms with Gasteiger partial charge in [-0.25, -0.2) is 9.37 Å². The topological polar surface area (TPSA) is 77.1 Å². The Bertz CT molecular complexity index is 1280. The standard InChI is InChI=1S/C22H18FN3O3/c1-13(15-7-8-18(17(23)11-15)26-10-9-24-14(26)2)25-22(28)21-12-19(27)16-5-3-4-6-20(16)29-21/h3-13H,1-2H3,(H,25,28). The molecule has 4 rings (SSSR count). The number of para-hydroxylation sites is 1. The Morgan fingerprint density at radius 3 is 2.72 bits per heavy atom. The zero-order valence-corrected chi connectivity index (χ0v) is 15.8. The third-order valence-electron chi connectivity index (χ3n) is 4.76. The van der Waals surface area contributed by atoms with Crippen LogP contribution in [0.5, 0.6) is 0 Å². The van der Waals surface area contributed by atoms with Crippen molar-refractivity contribution in [2.45, 2.75) is 19.9 Å². The van der Waals surface area contributed by atoms with Gasteiger partial charge in [0, 0.05) is 18.5 Å². The number of aryl methyl sites for hydroxylation is 1. The number of halogens is 1. The van der Waals surface area contributed by atoms with Crippen molar-refractivity contribution in [3.8, 4) is 5.69 Å². The first-order valence-electron chi connectivity index (χ1n) is 9.07. The molecular weight excluding hydrogens is 373 g/mol. The highest BCUT2D eigenvalue weighted by Gasteiger charge is 2.17. The van der Waals surface area contributed by atoms with Gasteiger partial charge in [-0.05, 0) is 43.7 Å². The van der Waals surface area contributed by atoms with Crippen LogP contribution in [-0.4, -0.2) is 15.5 Å². The summed E-state index contributed by atoms with van der Waals surface area (Å²) < 4.78 is 21.8. The molecule has 1 amide bonds. The summed E-state index contributed by atoms with van der Waals surface area (Å²) >= 11 is 0. The van der Waals surface area contributed by atoms with E-state index in [1.54, 1.807) is 67.2 Å². The number of nitrogens with zero attached hydrogens (tertiary/aromatic N) is 2. The van der Waals surface area contributed by atoms with E-state index in [0.717, 1.165) is 6.07 Å². The summed E-state index contributed by atoms with van der Waals surface area (Å²) in [6.45, 7) is 3.52. The Labute approximate surface area is 165 Å². The van der Waals surface area contributed by atoms with Gasteiger partial charge in [0.25, 0.3) is 5.91 Å². The Morgan fingerprint density at radius 2 is 2.00 bits per heavy atom. The van der Waals surface area contributed by atoms with E-state index in [2.05, 4.69) is 10.3 Å². The minimum atomic E-state index is -0.546. The molecule has 0 radical (unpaired) electrons. The lowest BCUT2D eigenvalue weighted by Crippen LogP contribution is -2.27. The molecule has 4 aromatic rings. The molecule has 0 bridgehead atoms. The number of fused-ring (bicyclic) bond motifs is 1. The zero-order valence-electron chi connectivity index (χ0n) is 15.8. The molecule has 2 aromatic heterocycles. The molecule has 1 unspecified atom stereocenters. The predicted molar refractivity (Wildman–Crippen MR) is 107 cm³/mol. The number of carbonyl (C=O) groups is 1. The molecule has 7 heteroatoms. The predicted octanol–water partition coefficient (Wildman–Crippen LogP) is 3.92. The zero-order chi connectivity index (χ0) is 20.5. The van der Waals surface area contributed by atoms with Crippen molar-refractivity contribution in [1.29, 1.82) is 0 Å². The second-order valence-corrected chi connectivity index (χ2v) is 6.72. The minimum Gasteiger partial charge on any atom is -0.451 e. The molecule has 146 valence electrons. The van der Waals surface area contributed by atoms with Crippen molar-refractivity contribution in [1.82, 2.24) is 14.9 Å². The number of amides is 1. The summed E-state index contributed by atoms with van der Waals surface area (Å²) in [6.07, 6.45) is 3.28. The summed E-state index contributed by atoms with van der Waals surface area (Å²) in [5.74, 6) is -0.395. The van der Waals surface area contributed by atoms with Gasteiger partial charge in [0.1, 0.15) is 17.2 Å². The van der Waals surface area contributed by atoms with Crippen LogP contribution >= 0.6 is 0 Å². The van der Waals surface area contributed by atoms with Crippen LogP contribution < -0.4 is 10.7 Å². The lowest BCUT2D eigenvalue weighted by atomic mass is 10.1. The largest absolute Gasteiger partial charge is 0.451 e. The van der Waals surface area contributed by atoms with Gasteiger partial charge in [-0.1, -0.05) is 18.2 Å². The highest BCUT2D eigenvalue weighted by atomic mass is 19.1. The van der Waals surface area contributed by atoms with Crippen LogP contribution in [0.3, 0.4) is 0 Å². The molecule has 0 aliphatic carbocycles. The molecule has 0 fully saturated rings. The van der Waals surface area contributed by atoms with Crippen molar-refractivity contribution in [3.05, 3.63) is 94.1 Å². The fourth-order valence-corrected chi connectivity index (χ4v) is 3.19. The number of benzene rings is 2. The maximum Gasteiger partial charge on any atom is 0.287 e. The lowest BCUT2D eigenvalue weighted by Gasteiger charge is -2.16. The van der Waals surface area contributed by atoms with Gasteiger partial charge >= 0.3 is 0 Å². The molecule has 29 heavy (non-hydrogen) atoms. The quantitative estimate of drug-likeness (QED) is 0.572. The number of nitrogens with one attached hydrogen (secondary N) is 1. The summed E-state index contributed by atoms with van der Waals surface area (Å²) in [7, 11) is 0. The first-order valence-corrected chi connectivity index (χ1v) is 9.07. The van der Waals surface area contributed by atoms with E-state index in [-0.39, 0.29) is 11.2 Å². The van der Waals surface area contributed by atoms with Crippen LogP contribution in [0, 0.1) is 12.7 Å². The molecular formula is C22H18FN3O3. The number of rotatable bonds is 4. The summed E-state index contributed by atoms with van der Waals surface area (Å²) in [5.41, 5.74) is 1.00. The van der Waals surface area contributed by atoms with Crippen molar-refractivity contribution >= 4 is 16.9 Å². The SMILES string of the molecule is Cc1nccn1-c1ccc(C(C)NC(=O)c2cc(=O)c3ccccc3o2)cc1F. The first-order chi connectivity index (χ1) is 13.9. The number of aromatic nitrogens is 2. The highest BCUT2D eigenvalue weighted by Crippen LogP contribution is 2.21. The minimum absolute atomic E-state index is 0.0910. The van der Waals surface area contributed by atoms with Gasteiger partial charge in [-0.2, -0.15) is 0 Å². The Balaban J connectivity index is 1.57. The van der Waals surface area contributed by atoms with Crippen molar-refractivity contribution in [2.75, 3.05) is 0 Å². The Hall–Kier alpha value is -3.74. The van der Waals surface area contributed by atoms with E-state index >= 15 is 0 Å². The normalized spacial score (nSPS) is 12.1. The van der Waals surface area contributed by atoms with E-state index in [0.29, 0.717) is 28.0 Å². The van der Waals surface area contributed by atoms with Crippen molar-refractivity contribution < 1.29 is 13.6 Å². The summed E-state index contributed by atoms with van der Waals surface area (Å²) in [4.78, 5) is 28.8. The first kappa shape index (κ1) is 18.6. The monoisotopic (exact) mass is 391 g/mol. The molecule has 0 saturated heterocycles. The van der Waals surface area contributed by atoms with Gasteiger partial charge in [0.2, 0.25) is 0 Å². The maximum atomic E-state index is 14.6. The Kier molecular flexibility index (Phi) is 4.72. The summed E-state index contributed by atoms with van der Waals surface area (Å²) in [5, 5.41) is 3.15. The van der Waals surface area contributed by atoms with Gasteiger partial charge in [0.15, 0.2) is 11.2 Å². The molecule has 0 aliphatic rings. The third-order valence-corrected chi connectivity index (χ3v) is 4.76. The van der Waals surface area contributed by atoms with E-state index in [1.807, 2.05) is 0 Å². The van der Waals surface area contributed by atoms with Crippen LogP contribution in [-0.2, 0) is 0 Å². The smallest absolute Gasteiger partial charge is 0.287 e. The average molecular weight is 391 g/mol. The summed E-state index contributed by atoms with van der Waals surface area (Å²) in [6, 6.07) is 12.1. The highest BCUT2D eigenvalue weighted by molar-refractivity contribution is 5.93. The fourth-order valence-electron chi connectivity index (χ4n) is 3.19. The maximum absolute atomic E-state index is 14.6. The fraction of sp³-hybridized carbons (Fsp3) is 0.136. The number of hydrogen-bond donors (Lipinski definition) is 1. The van der Waals surface area contributed by atoms with Crippen LogP contribution in [0.25, 0.3) is 16.7 Å². The van der Waals surface area contributed by atoms with E-state index in [1.165, 1.54) is 6.07 Å². The second-order valence-electron chi connectivity index (χ2n) is 6.72. The molecule has 2 aromatic carbocycles. The van der Waals surface area contributed by atoms with Gasteiger partial charge < -0.3 is 14.3 Å². The van der Waals surface area contributed by atoms with Crippen molar-refractivity contribution in [2.24, 2.45) is 0 Å². The number of imidazole rings is 1.